The third-order valence-electron chi connectivity index (χ3n) is 14.9. The quantitative estimate of drug-likeness (QED) is 0.121. The van der Waals surface area contributed by atoms with Crippen LogP contribution in [0, 0.1) is 0 Å². The van der Waals surface area contributed by atoms with Gasteiger partial charge >= 0.3 is 0 Å². The van der Waals surface area contributed by atoms with Crippen molar-refractivity contribution >= 4 is 51.6 Å². The first-order valence-electron chi connectivity index (χ1n) is 25.9. The summed E-state index contributed by atoms with van der Waals surface area (Å²) >= 11 is 0. The lowest BCUT2D eigenvalue weighted by molar-refractivity contribution is 0.637. The van der Waals surface area contributed by atoms with Gasteiger partial charge in [0.15, 0.2) is 0 Å². The normalized spacial score (nSPS) is 14.6. The van der Waals surface area contributed by atoms with Crippen molar-refractivity contribution < 1.29 is 0 Å². The van der Waals surface area contributed by atoms with E-state index in [1.165, 1.54) is 55.9 Å². The Bertz CT molecular complexity index is 3700. The molecule has 0 bridgehead atoms. The summed E-state index contributed by atoms with van der Waals surface area (Å²) in [6, 6.07) is 103. The zero-order valence-electron chi connectivity index (χ0n) is 41.7. The van der Waals surface area contributed by atoms with Crippen LogP contribution in [0.3, 0.4) is 0 Å². The van der Waals surface area contributed by atoms with Crippen LogP contribution >= 0.6 is 0 Å². The van der Waals surface area contributed by atoms with Crippen molar-refractivity contribution in [2.24, 2.45) is 0 Å². The van der Waals surface area contributed by atoms with Gasteiger partial charge in [0.05, 0.1) is 17.4 Å². The average molecular weight is 963 g/mol. The van der Waals surface area contributed by atoms with Gasteiger partial charge in [-0.1, -0.05) is 189 Å². The van der Waals surface area contributed by atoms with Crippen molar-refractivity contribution in [2.75, 3.05) is 14.7 Å². The van der Waals surface area contributed by atoms with Gasteiger partial charge in [-0.15, -0.1) is 0 Å². The van der Waals surface area contributed by atoms with Gasteiger partial charge in [-0.3, -0.25) is 0 Å². The summed E-state index contributed by atoms with van der Waals surface area (Å²) in [5.74, 6) is 0.122. The van der Waals surface area contributed by atoms with Crippen LogP contribution in [0.5, 0.6) is 0 Å². The molecule has 0 radical (unpaired) electrons. The molecular weight excluding hydrogens is 909 g/mol. The van der Waals surface area contributed by atoms with Crippen molar-refractivity contribution in [3.8, 4) is 39.2 Å². The fourth-order valence-electron chi connectivity index (χ4n) is 11.3. The molecule has 358 valence electrons. The van der Waals surface area contributed by atoms with Crippen LogP contribution in [0.2, 0.25) is 0 Å². The Morgan fingerprint density at radius 2 is 0.667 bits per heavy atom. The predicted molar refractivity (Wildman–Crippen MR) is 315 cm³/mol. The Morgan fingerprint density at radius 3 is 1.09 bits per heavy atom. The molecule has 1 aliphatic heterocycles. The number of aromatic nitrogens is 1. The van der Waals surface area contributed by atoms with Gasteiger partial charge in [0.1, 0.15) is 0 Å². The Kier molecular flexibility index (Phi) is 11.9. The summed E-state index contributed by atoms with van der Waals surface area (Å²) in [5.41, 5.74) is 22.2. The highest BCUT2D eigenvalue weighted by molar-refractivity contribution is 5.92. The maximum Gasteiger partial charge on any atom is 0.0659 e. The Morgan fingerprint density at radius 1 is 0.320 bits per heavy atom. The van der Waals surface area contributed by atoms with E-state index in [1.807, 2.05) is 0 Å². The van der Waals surface area contributed by atoms with Crippen molar-refractivity contribution in [3.63, 3.8) is 0 Å². The largest absolute Gasteiger partial charge is 0.333 e. The van der Waals surface area contributed by atoms with E-state index < -0.39 is 0 Å². The second-order valence-corrected chi connectivity index (χ2v) is 19.4. The van der Waals surface area contributed by atoms with Crippen LogP contribution in [0.25, 0.3) is 51.0 Å². The van der Waals surface area contributed by atoms with Crippen molar-refractivity contribution in [2.45, 2.75) is 18.9 Å². The first-order valence-corrected chi connectivity index (χ1v) is 25.9. The first-order chi connectivity index (χ1) is 37.1. The summed E-state index contributed by atoms with van der Waals surface area (Å²) in [6.45, 7) is 2.42. The minimum absolute atomic E-state index is 0.0448. The predicted octanol–water partition coefficient (Wildman–Crippen LogP) is 18.8. The molecule has 13 rings (SSSR count). The van der Waals surface area contributed by atoms with Crippen LogP contribution < -0.4 is 14.7 Å². The standard InChI is InChI=1S/C71H54N4/c1-51-67-50-69(57-38-34-55(35-39-57)53-22-10-3-11-23-53)74(65-44-40-63(41-45-65)72(59-24-12-4-13-25-59)60-26-14-5-15-27-60)70(67)49-58-48-68(56-36-32-54(33-37-56)52-20-8-2-9-21-52)75(71(51)58)66-46-42-64(43-47-66)73(61-28-16-6-17-29-61)62-30-18-7-19-31-62/h2-51,71H,1H3. The molecule has 10 aromatic carbocycles. The molecule has 4 heteroatoms. The number of anilines is 7. The SMILES string of the molecule is CC1c2cc(-c3ccc(-c4ccccc4)cc3)n(-c3ccc(N(c4ccccc4)c4ccccc4)cc3)c2C=C2C=C(c3ccc(-c4ccccc4)cc3)N(c3ccc(N(c4ccccc4)c4ccccc4)cc3)C21. The molecule has 0 amide bonds. The van der Waals surface area contributed by atoms with Gasteiger partial charge in [0.25, 0.3) is 0 Å². The number of fused-ring (bicyclic) bond motifs is 2. The number of rotatable bonds is 12. The molecule has 2 heterocycles. The third kappa shape index (κ3) is 8.62. The van der Waals surface area contributed by atoms with E-state index in [4.69, 9.17) is 0 Å². The monoisotopic (exact) mass is 962 g/mol. The summed E-state index contributed by atoms with van der Waals surface area (Å²) < 4.78 is 2.49. The molecule has 2 aliphatic rings. The van der Waals surface area contributed by atoms with E-state index in [-0.39, 0.29) is 12.0 Å². The maximum atomic E-state index is 2.60. The van der Waals surface area contributed by atoms with Gasteiger partial charge in [-0.05, 0) is 160 Å². The molecule has 0 fully saturated rings. The number of para-hydroxylation sites is 4. The zero-order valence-corrected chi connectivity index (χ0v) is 41.7. The van der Waals surface area contributed by atoms with Gasteiger partial charge in [0.2, 0.25) is 0 Å². The number of hydrogen-bond acceptors (Lipinski definition) is 3. The summed E-state index contributed by atoms with van der Waals surface area (Å²) in [6.07, 6.45) is 4.91. The Balaban J connectivity index is 0.946. The summed E-state index contributed by atoms with van der Waals surface area (Å²) in [5, 5.41) is 0. The second kappa shape index (κ2) is 19.8. The molecule has 2 atom stereocenters. The molecule has 11 aromatic rings. The lowest BCUT2D eigenvalue weighted by atomic mass is 9.83. The van der Waals surface area contributed by atoms with Crippen LogP contribution in [0.4, 0.5) is 39.8 Å². The first kappa shape index (κ1) is 45.2. The van der Waals surface area contributed by atoms with E-state index in [9.17, 15) is 0 Å². The molecular formula is C71H54N4. The second-order valence-electron chi connectivity index (χ2n) is 19.4. The van der Waals surface area contributed by atoms with Crippen molar-refractivity contribution in [1.82, 2.24) is 4.57 Å². The molecule has 2 unspecified atom stereocenters. The Hall–Kier alpha value is -9.64. The maximum absolute atomic E-state index is 2.60. The van der Waals surface area contributed by atoms with Crippen molar-refractivity contribution in [1.29, 1.82) is 0 Å². The van der Waals surface area contributed by atoms with Crippen LogP contribution in [0.1, 0.15) is 29.7 Å². The van der Waals surface area contributed by atoms with Gasteiger partial charge in [-0.25, -0.2) is 0 Å². The molecule has 4 nitrogen and oxygen atoms in total. The van der Waals surface area contributed by atoms with Gasteiger partial charge < -0.3 is 19.3 Å². The number of benzene rings is 10. The minimum atomic E-state index is 0.0448. The molecule has 0 saturated heterocycles. The lowest BCUT2D eigenvalue weighted by Gasteiger charge is -2.37. The molecule has 0 spiro atoms. The van der Waals surface area contributed by atoms with E-state index >= 15 is 0 Å². The van der Waals surface area contributed by atoms with Gasteiger partial charge in [0, 0.05) is 57.1 Å². The topological polar surface area (TPSA) is 14.7 Å². The van der Waals surface area contributed by atoms with Crippen LogP contribution in [0.15, 0.2) is 297 Å². The zero-order chi connectivity index (χ0) is 50.1. The van der Waals surface area contributed by atoms with Crippen LogP contribution in [-0.4, -0.2) is 10.6 Å². The molecule has 0 saturated carbocycles. The fraction of sp³-hybridized carbons (Fsp3) is 0.0423. The third-order valence-corrected chi connectivity index (χ3v) is 14.9. The van der Waals surface area contributed by atoms with E-state index in [0.717, 1.165) is 51.2 Å². The average Bonchev–Trinajstić information content (AvgIpc) is 4.09. The van der Waals surface area contributed by atoms with E-state index in [2.05, 4.69) is 323 Å². The minimum Gasteiger partial charge on any atom is -0.333 e. The summed E-state index contributed by atoms with van der Waals surface area (Å²) in [7, 11) is 0. The van der Waals surface area contributed by atoms with E-state index in [0.29, 0.717) is 0 Å². The highest BCUT2D eigenvalue weighted by Gasteiger charge is 2.41. The highest BCUT2D eigenvalue weighted by Crippen LogP contribution is 2.50. The van der Waals surface area contributed by atoms with Gasteiger partial charge in [-0.2, -0.15) is 0 Å². The molecule has 1 aromatic heterocycles. The van der Waals surface area contributed by atoms with E-state index in [1.54, 1.807) is 0 Å². The molecule has 75 heavy (non-hydrogen) atoms. The lowest BCUT2D eigenvalue weighted by Crippen LogP contribution is -2.36. The summed E-state index contributed by atoms with van der Waals surface area (Å²) in [4.78, 5) is 7.25. The Labute approximate surface area is 440 Å². The fourth-order valence-corrected chi connectivity index (χ4v) is 11.3. The van der Waals surface area contributed by atoms with Crippen molar-refractivity contribution in [3.05, 3.63) is 314 Å². The molecule has 0 N–H and O–H groups in total. The molecule has 1 aliphatic carbocycles. The number of nitrogens with zero attached hydrogens (tertiary/aromatic N) is 4. The number of hydrogen-bond donors (Lipinski definition) is 0. The highest BCUT2D eigenvalue weighted by atomic mass is 15.2. The smallest absolute Gasteiger partial charge is 0.0659 e. The van der Waals surface area contributed by atoms with Crippen LogP contribution in [-0.2, 0) is 0 Å².